The number of carbonyl (C=O) groups excluding carboxylic acids is 1. The van der Waals surface area contributed by atoms with Gasteiger partial charge in [-0.15, -0.1) is 0 Å². The monoisotopic (exact) mass is 285 g/mol. The molecule has 0 aliphatic carbocycles. The summed E-state index contributed by atoms with van der Waals surface area (Å²) in [6.45, 7) is 2.05. The van der Waals surface area contributed by atoms with Gasteiger partial charge in [0.1, 0.15) is 0 Å². The predicted molar refractivity (Wildman–Crippen MR) is 43.5 cm³/mol. The van der Waals surface area contributed by atoms with Crippen LogP contribution in [0.5, 0.6) is 0 Å². The number of ether oxygens (including phenoxy) is 1. The van der Waals surface area contributed by atoms with Gasteiger partial charge in [0.05, 0.1) is 0 Å². The van der Waals surface area contributed by atoms with Gasteiger partial charge >= 0.3 is 0 Å². The van der Waals surface area contributed by atoms with Crippen LogP contribution in [0, 0.1) is 14.5 Å². The maximum atomic E-state index is 10.7. The molecule has 0 rings (SSSR count). The second-order valence-corrected chi connectivity index (χ2v) is 4.39. The average molecular weight is 285 g/mol. The normalized spacial score (nSPS) is 10.8. The first kappa shape index (κ1) is 19.0. The predicted octanol–water partition coefficient (Wildman–Crippen LogP) is 0.435. The molecule has 0 bridgehead atoms. The Bertz CT molecular complexity index is 256. The quantitative estimate of drug-likeness (QED) is 0.452. The molecule has 5 nitrogen and oxygen atoms in total. The summed E-state index contributed by atoms with van der Waals surface area (Å²) in [6, 6.07) is 0. The molecule has 0 aromatic carbocycles. The zero-order chi connectivity index (χ0) is 9.28. The summed E-state index contributed by atoms with van der Waals surface area (Å²) in [4.78, 5) is 10.7. The van der Waals surface area contributed by atoms with Crippen LogP contribution in [0.25, 0.3) is 0 Å². The molecule has 1 radical (unpaired) electrons. The largest absolute Gasteiger partial charge is 0.639 e. The molecule has 0 atom stereocenters. The van der Waals surface area contributed by atoms with Crippen LogP contribution in [0.3, 0.4) is 0 Å². The molecule has 75 valence electrons. The van der Waals surface area contributed by atoms with Crippen molar-refractivity contribution in [2.45, 2.75) is 18.6 Å². The van der Waals surface area contributed by atoms with E-state index in [1.54, 1.807) is 0 Å². The van der Waals surface area contributed by atoms with Crippen LogP contribution in [0.15, 0.2) is 0 Å². The summed E-state index contributed by atoms with van der Waals surface area (Å²) in [5.41, 5.74) is 0. The minimum Gasteiger partial charge on any atom is -0.639 e. The number of hydrogen-bond donors (Lipinski definition) is 1. The Morgan fingerprint density at radius 1 is 1.46 bits per heavy atom. The van der Waals surface area contributed by atoms with Gasteiger partial charge in [-0.3, -0.25) is 9.35 Å². The zero-order valence-electron chi connectivity index (χ0n) is 7.77. The topological polar surface area (TPSA) is 80.7 Å². The number of carbonyl (C=O) groups is 1. The van der Waals surface area contributed by atoms with Gasteiger partial charge < -0.3 is 4.74 Å². The fraction of sp³-hybridized carbons (Fsp3) is 0.500. The Labute approximate surface area is 104 Å². The molecule has 0 heterocycles. The molecule has 1 N–H and O–H groups in total. The van der Waals surface area contributed by atoms with Crippen molar-refractivity contribution in [3.63, 3.8) is 0 Å². The minimum absolute atomic E-state index is 0. The Morgan fingerprint density at radius 3 is 1.85 bits per heavy atom. The fourth-order valence-electron chi connectivity index (χ4n) is 0.279. The molecular formula is C6H12O5SY. The van der Waals surface area contributed by atoms with Crippen LogP contribution in [0.4, 0.5) is 0 Å². The van der Waals surface area contributed by atoms with E-state index in [2.05, 4.69) is 11.8 Å². The summed E-state index contributed by atoms with van der Waals surface area (Å²) in [6.07, 6.45) is 0. The number of rotatable bonds is 2. The van der Waals surface area contributed by atoms with Crippen LogP contribution in [0.2, 0.25) is 0 Å². The van der Waals surface area contributed by atoms with Gasteiger partial charge in [-0.2, -0.15) is 15.5 Å². The van der Waals surface area contributed by atoms with Crippen LogP contribution in [0.1, 0.15) is 13.8 Å². The van der Waals surface area contributed by atoms with Gasteiger partial charge in [0, 0.05) is 40.1 Å². The summed E-state index contributed by atoms with van der Waals surface area (Å²) < 4.78 is 31.4. The van der Waals surface area contributed by atoms with Crippen molar-refractivity contribution >= 4 is 16.1 Å². The molecule has 0 aromatic heterocycles. The van der Waals surface area contributed by atoms with Gasteiger partial charge in [0.25, 0.3) is 16.1 Å². The third-order valence-electron chi connectivity index (χ3n) is 1.27. The van der Waals surface area contributed by atoms with Gasteiger partial charge in [-0.1, -0.05) is 0 Å². The van der Waals surface area contributed by atoms with Gasteiger partial charge in [-0.05, 0) is 13.8 Å². The van der Waals surface area contributed by atoms with E-state index < -0.39 is 20.8 Å². The van der Waals surface area contributed by atoms with Crippen molar-refractivity contribution in [3.05, 3.63) is 14.5 Å². The second-order valence-electron chi connectivity index (χ2n) is 2.42. The van der Waals surface area contributed by atoms with E-state index in [1.807, 2.05) is 0 Å². The SMILES string of the molecule is [CH2-]OC(=O)C(C)(C)S(=O)(=O)O.[CH3+].[Y]. The van der Waals surface area contributed by atoms with E-state index in [-0.39, 0.29) is 40.1 Å². The Morgan fingerprint density at radius 2 is 1.77 bits per heavy atom. The molecule has 7 heteroatoms. The molecule has 0 saturated carbocycles. The molecule has 0 spiro atoms. The van der Waals surface area contributed by atoms with Crippen molar-refractivity contribution < 1.29 is 55.2 Å². The van der Waals surface area contributed by atoms with Gasteiger partial charge in [0.15, 0.2) is 4.75 Å². The van der Waals surface area contributed by atoms with Crippen LogP contribution >= 0.6 is 0 Å². The summed E-state index contributed by atoms with van der Waals surface area (Å²) in [7, 11) is -1.69. The number of esters is 1. The smallest absolute Gasteiger partial charge is 0.297 e. The van der Waals surface area contributed by atoms with Crippen molar-refractivity contribution in [2.75, 3.05) is 0 Å². The van der Waals surface area contributed by atoms with E-state index in [0.29, 0.717) is 0 Å². The van der Waals surface area contributed by atoms with Crippen LogP contribution < -0.4 is 0 Å². The molecule has 0 aliphatic rings. The summed E-state index contributed by atoms with van der Waals surface area (Å²) >= 11 is 0. The van der Waals surface area contributed by atoms with E-state index in [4.69, 9.17) is 4.55 Å². The molecular weight excluding hydrogens is 273 g/mol. The Balaban J connectivity index is -0.000000500. The van der Waals surface area contributed by atoms with E-state index in [1.165, 1.54) is 0 Å². The van der Waals surface area contributed by atoms with E-state index in [0.717, 1.165) is 13.8 Å². The van der Waals surface area contributed by atoms with Crippen LogP contribution in [-0.2, 0) is 52.4 Å². The maximum Gasteiger partial charge on any atom is 0.297 e. The van der Waals surface area contributed by atoms with Crippen molar-refractivity contribution in [1.82, 2.24) is 0 Å². The van der Waals surface area contributed by atoms with Gasteiger partial charge in [0.2, 0.25) is 0 Å². The second kappa shape index (κ2) is 5.95. The molecule has 0 aliphatic heterocycles. The molecule has 0 amide bonds. The molecule has 0 aromatic rings. The van der Waals surface area contributed by atoms with Crippen molar-refractivity contribution in [2.24, 2.45) is 0 Å². The number of hydrogen-bond acceptors (Lipinski definition) is 4. The Kier molecular flexibility index (Phi) is 8.71. The molecule has 0 saturated heterocycles. The fourth-order valence-corrected chi connectivity index (χ4v) is 0.549. The minimum atomic E-state index is -4.43. The standard InChI is InChI=1S/C5H9O5S.CH3.Y/c1-5(2,4(6)10-3)11(7,8)9;;/h3H2,1-2H3,(H,7,8,9);1H3;/q-1;+1;. The summed E-state index contributed by atoms with van der Waals surface area (Å²) in [5.74, 6) is -1.10. The first-order chi connectivity index (χ1) is 4.73. The van der Waals surface area contributed by atoms with Crippen molar-refractivity contribution in [3.8, 4) is 0 Å². The van der Waals surface area contributed by atoms with Crippen molar-refractivity contribution in [1.29, 1.82) is 0 Å². The van der Waals surface area contributed by atoms with E-state index >= 15 is 0 Å². The van der Waals surface area contributed by atoms with Crippen LogP contribution in [-0.4, -0.2) is 23.7 Å². The third-order valence-corrected chi connectivity index (χ3v) is 2.72. The first-order valence-corrected chi connectivity index (χ1v) is 4.11. The zero-order valence-corrected chi connectivity index (χ0v) is 11.4. The van der Waals surface area contributed by atoms with Gasteiger partial charge in [-0.25, -0.2) is 0 Å². The summed E-state index contributed by atoms with van der Waals surface area (Å²) in [5, 5.41) is 0. The molecule has 13 heavy (non-hydrogen) atoms. The first-order valence-electron chi connectivity index (χ1n) is 2.67. The Hall–Kier alpha value is 0.354. The molecule has 0 unspecified atom stereocenters. The third kappa shape index (κ3) is 4.40. The van der Waals surface area contributed by atoms with E-state index in [9.17, 15) is 13.2 Å². The molecule has 0 fully saturated rings. The average Bonchev–Trinajstić information content (AvgIpc) is 1.83. The maximum absolute atomic E-state index is 10.7.